The Labute approximate surface area is 159 Å². The quantitative estimate of drug-likeness (QED) is 0.734. The first kappa shape index (κ1) is 21.3. The number of hydrogen-bond acceptors (Lipinski definition) is 5. The molecule has 150 valence electrons. The highest BCUT2D eigenvalue weighted by molar-refractivity contribution is 7.89. The van der Waals surface area contributed by atoms with E-state index in [0.29, 0.717) is 32.7 Å². The molecule has 0 saturated carbocycles. The van der Waals surface area contributed by atoms with Crippen LogP contribution < -0.4 is 0 Å². The van der Waals surface area contributed by atoms with E-state index < -0.39 is 21.5 Å². The molecule has 0 aliphatic carbocycles. The number of hydrogen-bond donors (Lipinski definition) is 1. The Bertz CT molecular complexity index is 783. The summed E-state index contributed by atoms with van der Waals surface area (Å²) >= 11 is 0. The zero-order chi connectivity index (χ0) is 20.2. The number of nitrogens with zero attached hydrogens (tertiary/aromatic N) is 2. The van der Waals surface area contributed by atoms with Gasteiger partial charge in [0.2, 0.25) is 15.9 Å². The number of ether oxygens (including phenoxy) is 1. The van der Waals surface area contributed by atoms with Crippen LogP contribution in [-0.2, 0) is 30.8 Å². The number of morpholine rings is 1. The van der Waals surface area contributed by atoms with Gasteiger partial charge in [0.1, 0.15) is 5.54 Å². The van der Waals surface area contributed by atoms with Gasteiger partial charge in [-0.15, -0.1) is 0 Å². The van der Waals surface area contributed by atoms with Gasteiger partial charge in [-0.25, -0.2) is 13.2 Å². The first-order valence-electron chi connectivity index (χ1n) is 8.73. The molecule has 0 unspecified atom stereocenters. The molecule has 0 spiro atoms. The number of aliphatic carboxylic acids is 1. The molecule has 1 heterocycles. The number of likely N-dealkylation sites (N-methyl/N-ethyl adjacent to an activating group) is 1. The Kier molecular flexibility index (Phi) is 6.61. The largest absolute Gasteiger partial charge is 0.480 e. The summed E-state index contributed by atoms with van der Waals surface area (Å²) < 4.78 is 31.7. The van der Waals surface area contributed by atoms with Crippen LogP contribution in [0, 0.1) is 0 Å². The molecule has 1 aromatic rings. The molecule has 0 atom stereocenters. The summed E-state index contributed by atoms with van der Waals surface area (Å²) in [5.41, 5.74) is -0.474. The third-order valence-corrected chi connectivity index (χ3v) is 6.81. The van der Waals surface area contributed by atoms with Crippen molar-refractivity contribution in [1.82, 2.24) is 9.21 Å². The molecule has 1 N–H and O–H groups in total. The van der Waals surface area contributed by atoms with Gasteiger partial charge in [0.05, 0.1) is 18.1 Å². The minimum atomic E-state index is -3.54. The van der Waals surface area contributed by atoms with Crippen molar-refractivity contribution in [1.29, 1.82) is 0 Å². The van der Waals surface area contributed by atoms with Gasteiger partial charge in [0.15, 0.2) is 0 Å². The number of benzene rings is 1. The van der Waals surface area contributed by atoms with E-state index in [9.17, 15) is 23.1 Å². The minimum Gasteiger partial charge on any atom is -0.480 e. The van der Waals surface area contributed by atoms with E-state index in [-0.39, 0.29) is 17.2 Å². The lowest BCUT2D eigenvalue weighted by Gasteiger charge is -2.31. The first-order chi connectivity index (χ1) is 12.6. The topological polar surface area (TPSA) is 104 Å². The summed E-state index contributed by atoms with van der Waals surface area (Å²) in [6.07, 6.45) is 0.541. The van der Waals surface area contributed by atoms with E-state index in [0.717, 1.165) is 5.56 Å². The van der Waals surface area contributed by atoms with Crippen molar-refractivity contribution in [2.24, 2.45) is 0 Å². The molecule has 1 amide bonds. The number of carboxylic acids is 1. The van der Waals surface area contributed by atoms with Crippen molar-refractivity contribution >= 4 is 21.9 Å². The Morgan fingerprint density at radius 3 is 2.26 bits per heavy atom. The van der Waals surface area contributed by atoms with E-state index in [1.54, 1.807) is 12.1 Å². The molecule has 1 fully saturated rings. The number of carboxylic acid groups (broad SMARTS) is 1. The molecule has 9 heteroatoms. The van der Waals surface area contributed by atoms with Crippen molar-refractivity contribution in [3.05, 3.63) is 29.8 Å². The Balaban J connectivity index is 1.99. The monoisotopic (exact) mass is 398 g/mol. The molecule has 2 rings (SSSR count). The summed E-state index contributed by atoms with van der Waals surface area (Å²) in [6.45, 7) is 4.39. The van der Waals surface area contributed by atoms with Gasteiger partial charge in [-0.1, -0.05) is 12.1 Å². The summed E-state index contributed by atoms with van der Waals surface area (Å²) in [4.78, 5) is 24.9. The fourth-order valence-corrected chi connectivity index (χ4v) is 4.05. The maximum atomic E-state index is 12.6. The maximum absolute atomic E-state index is 12.6. The highest BCUT2D eigenvalue weighted by atomic mass is 32.2. The maximum Gasteiger partial charge on any atom is 0.329 e. The summed E-state index contributed by atoms with van der Waals surface area (Å²) in [7, 11) is -2.07. The van der Waals surface area contributed by atoms with Crippen LogP contribution in [0.5, 0.6) is 0 Å². The Morgan fingerprint density at radius 2 is 1.74 bits per heavy atom. The standard InChI is InChI=1S/C18H26N2O6S/c1-18(2,17(22)23)19(3)16(21)9-6-14-4-7-15(8-5-14)27(24,25)20-10-12-26-13-11-20/h4-5,7-8H,6,9-13H2,1-3H3,(H,22,23). The van der Waals surface area contributed by atoms with Crippen molar-refractivity contribution < 1.29 is 27.9 Å². The molecule has 1 aliphatic rings. The van der Waals surface area contributed by atoms with Crippen LogP contribution in [0.1, 0.15) is 25.8 Å². The van der Waals surface area contributed by atoms with Crippen LogP contribution in [0.4, 0.5) is 0 Å². The zero-order valence-corrected chi connectivity index (χ0v) is 16.7. The Morgan fingerprint density at radius 1 is 1.19 bits per heavy atom. The van der Waals surface area contributed by atoms with Crippen LogP contribution in [0.25, 0.3) is 0 Å². The number of amides is 1. The lowest BCUT2D eigenvalue weighted by Crippen LogP contribution is -2.50. The zero-order valence-electron chi connectivity index (χ0n) is 15.8. The highest BCUT2D eigenvalue weighted by Gasteiger charge is 2.34. The Hall–Kier alpha value is -1.97. The van der Waals surface area contributed by atoms with Crippen molar-refractivity contribution in [3.63, 3.8) is 0 Å². The average Bonchev–Trinajstić information content (AvgIpc) is 2.66. The molecular weight excluding hydrogens is 372 g/mol. The predicted octanol–water partition coefficient (Wildman–Crippen LogP) is 0.962. The van der Waals surface area contributed by atoms with Gasteiger partial charge < -0.3 is 14.7 Å². The number of carbonyl (C=O) groups is 2. The SMILES string of the molecule is CN(C(=O)CCc1ccc(S(=O)(=O)N2CCOCC2)cc1)C(C)(C)C(=O)O. The van der Waals surface area contributed by atoms with E-state index in [4.69, 9.17) is 4.74 Å². The van der Waals surface area contributed by atoms with E-state index in [2.05, 4.69) is 0 Å². The molecule has 27 heavy (non-hydrogen) atoms. The molecule has 8 nitrogen and oxygen atoms in total. The number of sulfonamides is 1. The van der Waals surface area contributed by atoms with Crippen LogP contribution in [0.15, 0.2) is 29.2 Å². The van der Waals surface area contributed by atoms with Gasteiger partial charge >= 0.3 is 5.97 Å². The lowest BCUT2D eigenvalue weighted by atomic mass is 10.0. The van der Waals surface area contributed by atoms with Crippen molar-refractivity contribution in [3.8, 4) is 0 Å². The molecule has 0 aromatic heterocycles. The number of carbonyl (C=O) groups excluding carboxylic acids is 1. The second-order valence-corrected chi connectivity index (χ2v) is 8.92. The normalized spacial score (nSPS) is 16.1. The second kappa shape index (κ2) is 8.37. The van der Waals surface area contributed by atoms with E-state index in [1.165, 1.54) is 42.2 Å². The van der Waals surface area contributed by atoms with Gasteiger partial charge in [-0.2, -0.15) is 4.31 Å². The molecule has 0 radical (unpaired) electrons. The number of rotatable bonds is 7. The number of aryl methyl sites for hydroxylation is 1. The predicted molar refractivity (Wildman–Crippen MR) is 98.8 cm³/mol. The first-order valence-corrected chi connectivity index (χ1v) is 10.2. The molecule has 1 saturated heterocycles. The van der Waals surface area contributed by atoms with Gasteiger partial charge in [0, 0.05) is 26.6 Å². The summed E-state index contributed by atoms with van der Waals surface area (Å²) in [5, 5.41) is 9.20. The van der Waals surface area contributed by atoms with Crippen LogP contribution in [0.2, 0.25) is 0 Å². The van der Waals surface area contributed by atoms with Gasteiger partial charge in [-0.3, -0.25) is 4.79 Å². The van der Waals surface area contributed by atoms with Gasteiger partial charge in [-0.05, 0) is 38.0 Å². The molecule has 1 aliphatic heterocycles. The fraction of sp³-hybridized carbons (Fsp3) is 0.556. The second-order valence-electron chi connectivity index (χ2n) is 6.98. The van der Waals surface area contributed by atoms with Gasteiger partial charge in [0.25, 0.3) is 0 Å². The van der Waals surface area contributed by atoms with Crippen molar-refractivity contribution in [2.75, 3.05) is 33.4 Å². The van der Waals surface area contributed by atoms with E-state index in [1.807, 2.05) is 0 Å². The minimum absolute atomic E-state index is 0.142. The highest BCUT2D eigenvalue weighted by Crippen LogP contribution is 2.19. The fourth-order valence-electron chi connectivity index (χ4n) is 2.64. The third-order valence-electron chi connectivity index (χ3n) is 4.89. The van der Waals surface area contributed by atoms with Crippen LogP contribution >= 0.6 is 0 Å². The molecule has 1 aromatic carbocycles. The van der Waals surface area contributed by atoms with Crippen LogP contribution in [-0.4, -0.2) is 73.5 Å². The van der Waals surface area contributed by atoms with Crippen LogP contribution in [0.3, 0.4) is 0 Å². The average molecular weight is 398 g/mol. The third kappa shape index (κ3) is 4.85. The summed E-state index contributed by atoms with van der Waals surface area (Å²) in [5.74, 6) is -1.36. The van der Waals surface area contributed by atoms with E-state index >= 15 is 0 Å². The molecular formula is C18H26N2O6S. The lowest BCUT2D eigenvalue weighted by molar-refractivity contribution is -0.155. The molecule has 0 bridgehead atoms. The van der Waals surface area contributed by atoms with Crippen molar-refractivity contribution in [2.45, 2.75) is 37.1 Å². The summed E-state index contributed by atoms with van der Waals surface area (Å²) in [6, 6.07) is 6.44. The smallest absolute Gasteiger partial charge is 0.329 e.